The molecule has 0 aromatic heterocycles. The first-order chi connectivity index (χ1) is 13.1. The Morgan fingerprint density at radius 1 is 1.10 bits per heavy atom. The highest BCUT2D eigenvalue weighted by atomic mass is 32.2. The Labute approximate surface area is 180 Å². The van der Waals surface area contributed by atoms with Crippen LogP contribution in [0.25, 0.3) is 0 Å². The van der Waals surface area contributed by atoms with Crippen LogP contribution in [0.3, 0.4) is 0 Å². The average Bonchev–Trinajstić information content (AvgIpc) is 2.57. The van der Waals surface area contributed by atoms with Crippen molar-refractivity contribution in [2.45, 2.75) is 89.4 Å². The fraction of sp³-hybridized carbons (Fsp3) is 0.652. The standard InChI is InChI=1S/C23H41NO3SSi/c1-10-11-12-17-23(6,7)24(18-19-27-29(8,9)22(3,4)5)28(25,26)21-15-13-20(2)14-16-21/h10,13-16H,1,11-12,17-19H2,2-9H3. The zero-order valence-electron chi connectivity index (χ0n) is 19.7. The molecule has 6 heteroatoms. The molecule has 1 aromatic carbocycles. The molecule has 0 N–H and O–H groups in total. The maximum atomic E-state index is 13.5. The summed E-state index contributed by atoms with van der Waals surface area (Å²) in [6.45, 7) is 21.5. The molecule has 0 unspecified atom stereocenters. The number of rotatable bonds is 11. The molecule has 0 atom stereocenters. The lowest BCUT2D eigenvalue weighted by molar-refractivity contribution is 0.170. The van der Waals surface area contributed by atoms with Crippen LogP contribution in [0.1, 0.15) is 59.4 Å². The Balaban J connectivity index is 3.15. The van der Waals surface area contributed by atoms with Gasteiger partial charge in [0, 0.05) is 18.7 Å². The van der Waals surface area contributed by atoms with Gasteiger partial charge in [0.1, 0.15) is 0 Å². The van der Waals surface area contributed by atoms with Crippen molar-refractivity contribution < 1.29 is 12.8 Å². The van der Waals surface area contributed by atoms with Crippen LogP contribution in [0, 0.1) is 6.92 Å². The second-order valence-electron chi connectivity index (χ2n) is 9.99. The Kier molecular flexibility index (Phi) is 8.91. The Morgan fingerprint density at radius 2 is 1.66 bits per heavy atom. The summed E-state index contributed by atoms with van der Waals surface area (Å²) in [6, 6.07) is 7.10. The van der Waals surface area contributed by atoms with E-state index in [0.717, 1.165) is 24.8 Å². The van der Waals surface area contributed by atoms with Crippen molar-refractivity contribution >= 4 is 18.3 Å². The molecule has 0 amide bonds. The van der Waals surface area contributed by atoms with E-state index < -0.39 is 23.9 Å². The van der Waals surface area contributed by atoms with Crippen LogP contribution in [-0.2, 0) is 14.4 Å². The van der Waals surface area contributed by atoms with Crippen LogP contribution in [0.4, 0.5) is 0 Å². The molecule has 1 rings (SSSR count). The fourth-order valence-corrected chi connectivity index (χ4v) is 5.82. The van der Waals surface area contributed by atoms with Crippen LogP contribution in [-0.4, -0.2) is 39.7 Å². The first-order valence-corrected chi connectivity index (χ1v) is 14.8. The molecule has 0 aliphatic heterocycles. The third kappa shape index (κ3) is 7.05. The molecule has 0 fully saturated rings. The van der Waals surface area contributed by atoms with E-state index in [-0.39, 0.29) is 5.04 Å². The number of benzene rings is 1. The first-order valence-electron chi connectivity index (χ1n) is 10.5. The smallest absolute Gasteiger partial charge is 0.243 e. The highest BCUT2D eigenvalue weighted by Gasteiger charge is 2.39. The molecule has 1 aromatic rings. The van der Waals surface area contributed by atoms with Gasteiger partial charge >= 0.3 is 0 Å². The lowest BCUT2D eigenvalue weighted by Gasteiger charge is -2.40. The number of hydrogen-bond acceptors (Lipinski definition) is 3. The van der Waals surface area contributed by atoms with E-state index in [1.165, 1.54) is 0 Å². The van der Waals surface area contributed by atoms with Crippen LogP contribution in [0.5, 0.6) is 0 Å². The highest BCUT2D eigenvalue weighted by molar-refractivity contribution is 7.89. The van der Waals surface area contributed by atoms with E-state index in [9.17, 15) is 8.42 Å². The van der Waals surface area contributed by atoms with E-state index >= 15 is 0 Å². The lowest BCUT2D eigenvalue weighted by atomic mass is 9.97. The van der Waals surface area contributed by atoms with E-state index in [1.54, 1.807) is 16.4 Å². The van der Waals surface area contributed by atoms with Gasteiger partial charge in [0.2, 0.25) is 10.0 Å². The molecule has 0 spiro atoms. The Hall–Kier alpha value is -0.953. The number of hydrogen-bond donors (Lipinski definition) is 0. The van der Waals surface area contributed by atoms with Gasteiger partial charge in [0.15, 0.2) is 8.32 Å². The van der Waals surface area contributed by atoms with Gasteiger partial charge in [0.25, 0.3) is 0 Å². The van der Waals surface area contributed by atoms with Crippen LogP contribution in [0.2, 0.25) is 18.1 Å². The van der Waals surface area contributed by atoms with Gasteiger partial charge in [-0.1, -0.05) is 44.5 Å². The lowest BCUT2D eigenvalue weighted by Crippen LogP contribution is -2.50. The van der Waals surface area contributed by atoms with Gasteiger partial charge in [-0.2, -0.15) is 4.31 Å². The molecule has 4 nitrogen and oxygen atoms in total. The molecule has 0 saturated carbocycles. The van der Waals surface area contributed by atoms with Crippen LogP contribution in [0.15, 0.2) is 41.8 Å². The third-order valence-corrected chi connectivity index (χ3v) is 12.7. The zero-order chi connectivity index (χ0) is 22.5. The number of allylic oxidation sites excluding steroid dienone is 1. The molecule has 0 heterocycles. The second kappa shape index (κ2) is 9.90. The van der Waals surface area contributed by atoms with Gasteiger partial charge in [0.05, 0.1) is 4.90 Å². The summed E-state index contributed by atoms with van der Waals surface area (Å²) in [6.07, 6.45) is 4.43. The minimum Gasteiger partial charge on any atom is -0.415 e. The summed E-state index contributed by atoms with van der Waals surface area (Å²) >= 11 is 0. The molecular weight excluding hydrogens is 398 g/mol. The number of sulfonamides is 1. The van der Waals surface area contributed by atoms with Crippen molar-refractivity contribution in [3.05, 3.63) is 42.5 Å². The van der Waals surface area contributed by atoms with E-state index in [2.05, 4.69) is 40.4 Å². The van der Waals surface area contributed by atoms with Gasteiger partial charge in [-0.3, -0.25) is 0 Å². The largest absolute Gasteiger partial charge is 0.415 e. The summed E-state index contributed by atoms with van der Waals surface area (Å²) in [5.74, 6) is 0. The molecule has 0 aliphatic rings. The minimum absolute atomic E-state index is 0.0904. The van der Waals surface area contributed by atoms with Crippen molar-refractivity contribution in [2.75, 3.05) is 13.2 Å². The van der Waals surface area contributed by atoms with Crippen LogP contribution < -0.4 is 0 Å². The Morgan fingerprint density at radius 3 is 2.14 bits per heavy atom. The predicted molar refractivity (Wildman–Crippen MR) is 126 cm³/mol. The van der Waals surface area contributed by atoms with Gasteiger partial charge < -0.3 is 4.43 Å². The van der Waals surface area contributed by atoms with Crippen LogP contribution >= 0.6 is 0 Å². The molecule has 29 heavy (non-hydrogen) atoms. The SMILES string of the molecule is C=CCCCC(C)(C)N(CCO[Si](C)(C)C(C)(C)C)S(=O)(=O)c1ccc(C)cc1. The van der Waals surface area contributed by atoms with E-state index in [1.807, 2.05) is 39.0 Å². The quantitative estimate of drug-likeness (QED) is 0.236. The molecular formula is C23H41NO3SSi. The van der Waals surface area contributed by atoms with Gasteiger partial charge in [-0.15, -0.1) is 6.58 Å². The topological polar surface area (TPSA) is 46.6 Å². The van der Waals surface area contributed by atoms with Crippen molar-refractivity contribution in [1.29, 1.82) is 0 Å². The Bertz CT molecular complexity index is 762. The molecule has 0 radical (unpaired) electrons. The van der Waals surface area contributed by atoms with Gasteiger partial charge in [-0.05, 0) is 70.3 Å². The molecule has 0 aliphatic carbocycles. The number of unbranched alkanes of at least 4 members (excludes halogenated alkanes) is 1. The average molecular weight is 440 g/mol. The summed E-state index contributed by atoms with van der Waals surface area (Å²) < 4.78 is 35.0. The normalized spacial score (nSPS) is 13.7. The van der Waals surface area contributed by atoms with Crippen molar-refractivity contribution in [1.82, 2.24) is 4.31 Å². The zero-order valence-corrected chi connectivity index (χ0v) is 21.5. The van der Waals surface area contributed by atoms with Crippen molar-refractivity contribution in [2.24, 2.45) is 0 Å². The third-order valence-electron chi connectivity index (χ3n) is 6.04. The predicted octanol–water partition coefficient (Wildman–Crippen LogP) is 6.14. The first kappa shape index (κ1) is 26.1. The van der Waals surface area contributed by atoms with Crippen molar-refractivity contribution in [3.8, 4) is 0 Å². The fourth-order valence-electron chi connectivity index (χ4n) is 2.99. The second-order valence-corrected chi connectivity index (χ2v) is 16.7. The monoisotopic (exact) mass is 439 g/mol. The number of nitrogens with zero attached hydrogens (tertiary/aromatic N) is 1. The van der Waals surface area contributed by atoms with E-state index in [4.69, 9.17) is 4.43 Å². The van der Waals surface area contributed by atoms with Crippen molar-refractivity contribution in [3.63, 3.8) is 0 Å². The van der Waals surface area contributed by atoms with E-state index in [0.29, 0.717) is 18.0 Å². The summed E-state index contributed by atoms with van der Waals surface area (Å²) in [4.78, 5) is 0.340. The summed E-state index contributed by atoms with van der Waals surface area (Å²) in [5, 5.41) is 0.0904. The highest BCUT2D eigenvalue weighted by Crippen LogP contribution is 2.37. The summed E-state index contributed by atoms with van der Waals surface area (Å²) in [7, 11) is -5.57. The maximum Gasteiger partial charge on any atom is 0.243 e. The molecule has 0 bridgehead atoms. The molecule has 166 valence electrons. The molecule has 0 saturated heterocycles. The van der Waals surface area contributed by atoms with Gasteiger partial charge in [-0.25, -0.2) is 8.42 Å². The summed E-state index contributed by atoms with van der Waals surface area (Å²) in [5.41, 5.74) is 0.533. The minimum atomic E-state index is -3.62. The maximum absolute atomic E-state index is 13.5. The number of aryl methyl sites for hydroxylation is 1.